The highest BCUT2D eigenvalue weighted by atomic mass is 16.7. The number of aliphatic carboxylic acids is 1. The molecule has 1 N–H and O–H groups in total. The summed E-state index contributed by atoms with van der Waals surface area (Å²) in [6.45, 7) is 4.67. The van der Waals surface area contributed by atoms with E-state index in [1.807, 2.05) is 31.2 Å². The predicted molar refractivity (Wildman–Crippen MR) is 96.4 cm³/mol. The van der Waals surface area contributed by atoms with Gasteiger partial charge in [-0.1, -0.05) is 5.16 Å². The molecule has 0 atom stereocenters. The molecule has 1 fully saturated rings. The predicted octanol–water partition coefficient (Wildman–Crippen LogP) is 3.07. The van der Waals surface area contributed by atoms with Crippen LogP contribution in [0.5, 0.6) is 5.75 Å². The van der Waals surface area contributed by atoms with Gasteiger partial charge in [0.05, 0.1) is 26.0 Å². The van der Waals surface area contributed by atoms with E-state index < -0.39 is 11.8 Å². The van der Waals surface area contributed by atoms with Gasteiger partial charge in [0.1, 0.15) is 12.4 Å². The van der Waals surface area contributed by atoms with E-state index in [0.717, 1.165) is 36.3 Å². The van der Waals surface area contributed by atoms with Crippen molar-refractivity contribution in [1.82, 2.24) is 0 Å². The molecule has 1 saturated heterocycles. The van der Waals surface area contributed by atoms with E-state index in [4.69, 9.17) is 24.2 Å². The molecular formula is C19H27NO6. The molecule has 1 heterocycles. The van der Waals surface area contributed by atoms with Gasteiger partial charge in [-0.15, -0.1) is 0 Å². The number of carboxylic acids is 1. The van der Waals surface area contributed by atoms with Crippen LogP contribution >= 0.6 is 0 Å². The van der Waals surface area contributed by atoms with Crippen LogP contribution in [0.15, 0.2) is 29.4 Å². The Bertz CT molecular complexity index is 605. The minimum Gasteiger partial charge on any atom is -0.497 e. The number of methoxy groups -OCH3 is 1. The Hall–Kier alpha value is -2.12. The normalized spacial score (nSPS) is 23.5. The average Bonchev–Trinajstić information content (AvgIpc) is 2.65. The van der Waals surface area contributed by atoms with Crippen LogP contribution in [0, 0.1) is 5.92 Å². The Morgan fingerprint density at radius 2 is 1.92 bits per heavy atom. The number of ether oxygens (including phenoxy) is 3. The minimum atomic E-state index is -1.51. The fourth-order valence-electron chi connectivity index (χ4n) is 2.56. The van der Waals surface area contributed by atoms with Crippen molar-refractivity contribution in [2.24, 2.45) is 11.1 Å². The van der Waals surface area contributed by atoms with E-state index in [9.17, 15) is 4.79 Å². The minimum absolute atomic E-state index is 0.215. The number of oxime groups is 1. The molecule has 0 aliphatic carbocycles. The van der Waals surface area contributed by atoms with E-state index in [0.29, 0.717) is 19.8 Å². The lowest BCUT2D eigenvalue weighted by Crippen LogP contribution is -2.47. The summed E-state index contributed by atoms with van der Waals surface area (Å²) in [5.74, 6) is -1.57. The van der Waals surface area contributed by atoms with Crippen LogP contribution in [-0.2, 0) is 19.1 Å². The first-order valence-corrected chi connectivity index (χ1v) is 8.77. The Morgan fingerprint density at radius 3 is 2.50 bits per heavy atom. The SMILES string of the molecule is COc1ccc(/C(C)=N\OCCCCC2COC(C)(C(=O)O)OC2)cc1. The first-order valence-electron chi connectivity index (χ1n) is 8.77. The van der Waals surface area contributed by atoms with Crippen molar-refractivity contribution in [3.8, 4) is 5.75 Å². The zero-order valence-electron chi connectivity index (χ0n) is 15.6. The molecule has 0 saturated carbocycles. The molecule has 0 bridgehead atoms. The van der Waals surface area contributed by atoms with Crippen molar-refractivity contribution >= 4 is 11.7 Å². The number of carboxylic acid groups (broad SMARTS) is 1. The second kappa shape index (κ2) is 9.54. The van der Waals surface area contributed by atoms with Crippen molar-refractivity contribution in [3.05, 3.63) is 29.8 Å². The third kappa shape index (κ3) is 5.71. The molecule has 1 aliphatic rings. The van der Waals surface area contributed by atoms with Crippen molar-refractivity contribution in [1.29, 1.82) is 0 Å². The number of rotatable bonds is 9. The molecular weight excluding hydrogens is 338 g/mol. The van der Waals surface area contributed by atoms with E-state index in [-0.39, 0.29) is 5.92 Å². The molecule has 0 amide bonds. The van der Waals surface area contributed by atoms with Crippen LogP contribution in [0.3, 0.4) is 0 Å². The smallest absolute Gasteiger partial charge is 0.364 e. The molecule has 0 radical (unpaired) electrons. The summed E-state index contributed by atoms with van der Waals surface area (Å²) in [5, 5.41) is 13.2. The average molecular weight is 365 g/mol. The maximum absolute atomic E-state index is 11.0. The Balaban J connectivity index is 1.61. The Labute approximate surface area is 153 Å². The molecule has 0 unspecified atom stereocenters. The van der Waals surface area contributed by atoms with Gasteiger partial charge < -0.3 is 24.2 Å². The molecule has 26 heavy (non-hydrogen) atoms. The number of unbranched alkanes of at least 4 members (excludes halogenated alkanes) is 1. The maximum Gasteiger partial charge on any atom is 0.364 e. The zero-order chi connectivity index (χ0) is 19.0. The first-order chi connectivity index (χ1) is 12.4. The number of benzene rings is 1. The third-order valence-electron chi connectivity index (χ3n) is 4.38. The van der Waals surface area contributed by atoms with Gasteiger partial charge in [-0.3, -0.25) is 0 Å². The van der Waals surface area contributed by atoms with Crippen LogP contribution in [-0.4, -0.2) is 49.5 Å². The summed E-state index contributed by atoms with van der Waals surface area (Å²) in [6, 6.07) is 7.65. The number of carbonyl (C=O) groups is 1. The van der Waals surface area contributed by atoms with Gasteiger partial charge >= 0.3 is 5.97 Å². The molecule has 1 aromatic rings. The molecule has 7 heteroatoms. The number of hydrogen-bond acceptors (Lipinski definition) is 6. The molecule has 1 aromatic carbocycles. The highest BCUT2D eigenvalue weighted by molar-refractivity contribution is 5.98. The molecule has 7 nitrogen and oxygen atoms in total. The molecule has 144 valence electrons. The van der Waals surface area contributed by atoms with Crippen LogP contribution in [0.4, 0.5) is 0 Å². The summed E-state index contributed by atoms with van der Waals surface area (Å²) >= 11 is 0. The molecule has 2 rings (SSSR count). The Kier molecular flexibility index (Phi) is 7.41. The lowest BCUT2D eigenvalue weighted by Gasteiger charge is -2.34. The summed E-state index contributed by atoms with van der Waals surface area (Å²) in [7, 11) is 1.63. The van der Waals surface area contributed by atoms with Crippen molar-refractivity contribution in [2.75, 3.05) is 26.9 Å². The van der Waals surface area contributed by atoms with Crippen LogP contribution in [0.1, 0.15) is 38.7 Å². The molecule has 0 aromatic heterocycles. The van der Waals surface area contributed by atoms with Gasteiger partial charge in [-0.2, -0.15) is 0 Å². The summed E-state index contributed by atoms with van der Waals surface area (Å²) < 4.78 is 15.8. The van der Waals surface area contributed by atoms with Crippen LogP contribution in [0.25, 0.3) is 0 Å². The highest BCUT2D eigenvalue weighted by Crippen LogP contribution is 2.24. The van der Waals surface area contributed by atoms with Gasteiger partial charge in [0.15, 0.2) is 0 Å². The first kappa shape index (κ1) is 20.2. The summed E-state index contributed by atoms with van der Waals surface area (Å²) in [4.78, 5) is 16.4. The van der Waals surface area contributed by atoms with Crippen LogP contribution < -0.4 is 4.74 Å². The highest BCUT2D eigenvalue weighted by Gasteiger charge is 2.40. The van der Waals surface area contributed by atoms with Crippen molar-refractivity contribution in [2.45, 2.75) is 38.9 Å². The van der Waals surface area contributed by atoms with Gasteiger partial charge in [-0.05, 0) is 56.0 Å². The van der Waals surface area contributed by atoms with E-state index in [2.05, 4.69) is 5.16 Å². The maximum atomic E-state index is 11.0. The van der Waals surface area contributed by atoms with Gasteiger partial charge in [0.25, 0.3) is 5.79 Å². The second-order valence-electron chi connectivity index (χ2n) is 6.47. The van der Waals surface area contributed by atoms with Crippen molar-refractivity contribution in [3.63, 3.8) is 0 Å². The fourth-order valence-corrected chi connectivity index (χ4v) is 2.56. The third-order valence-corrected chi connectivity index (χ3v) is 4.38. The second-order valence-corrected chi connectivity index (χ2v) is 6.47. The summed E-state index contributed by atoms with van der Waals surface area (Å²) in [5.41, 5.74) is 1.80. The van der Waals surface area contributed by atoms with E-state index >= 15 is 0 Å². The fraction of sp³-hybridized carbons (Fsp3) is 0.579. The molecule has 1 aliphatic heterocycles. The Morgan fingerprint density at radius 1 is 1.27 bits per heavy atom. The lowest BCUT2D eigenvalue weighted by molar-refractivity contribution is -0.271. The van der Waals surface area contributed by atoms with E-state index in [1.54, 1.807) is 7.11 Å². The zero-order valence-corrected chi connectivity index (χ0v) is 15.6. The van der Waals surface area contributed by atoms with E-state index in [1.165, 1.54) is 6.92 Å². The van der Waals surface area contributed by atoms with Crippen molar-refractivity contribution < 1.29 is 28.9 Å². The number of nitrogens with zero attached hydrogens (tertiary/aromatic N) is 1. The van der Waals surface area contributed by atoms with Gasteiger partial charge in [0, 0.05) is 12.8 Å². The summed E-state index contributed by atoms with van der Waals surface area (Å²) in [6.07, 6.45) is 2.71. The monoisotopic (exact) mass is 365 g/mol. The standard InChI is InChI=1S/C19H27NO6/c1-14(16-7-9-17(23-3)10-8-16)20-26-11-5-4-6-15-12-24-19(2,18(21)22)25-13-15/h7-10,15H,4-6,11-13H2,1-3H3,(H,21,22)/b20-14-. The van der Waals surface area contributed by atoms with Crippen LogP contribution in [0.2, 0.25) is 0 Å². The van der Waals surface area contributed by atoms with Gasteiger partial charge in [-0.25, -0.2) is 4.79 Å². The number of hydrogen-bond donors (Lipinski definition) is 1. The largest absolute Gasteiger partial charge is 0.497 e. The quantitative estimate of drug-likeness (QED) is 0.411. The topological polar surface area (TPSA) is 86.6 Å². The van der Waals surface area contributed by atoms with Gasteiger partial charge in [0.2, 0.25) is 0 Å². The molecule has 0 spiro atoms. The lowest BCUT2D eigenvalue weighted by atomic mass is 10.0.